The fraction of sp³-hybridized carbons (Fsp3) is 0.143. The normalized spacial score (nSPS) is 11.0. The van der Waals surface area contributed by atoms with E-state index in [0.29, 0.717) is 21.5 Å². The Balaban J connectivity index is 2.39. The van der Waals surface area contributed by atoms with E-state index in [1.165, 1.54) is 21.5 Å². The predicted molar refractivity (Wildman–Crippen MR) is 83.2 cm³/mol. The molecule has 0 unspecified atom stereocenters. The van der Waals surface area contributed by atoms with Crippen molar-refractivity contribution in [3.05, 3.63) is 51.2 Å². The maximum absolute atomic E-state index is 12.6. The molecule has 3 rings (SSSR count). The van der Waals surface area contributed by atoms with Gasteiger partial charge >= 0.3 is 11.7 Å². The van der Waals surface area contributed by atoms with Crippen molar-refractivity contribution in [1.82, 2.24) is 19.1 Å². The highest BCUT2D eigenvalue weighted by Gasteiger charge is 2.18. The molecule has 0 radical (unpaired) electrons. The molecule has 0 aliphatic rings. The molecule has 1 aromatic carbocycles. The van der Waals surface area contributed by atoms with Crippen molar-refractivity contribution in [2.24, 2.45) is 0 Å². The topological polar surface area (TPSA) is 90.0 Å². The van der Waals surface area contributed by atoms with Gasteiger partial charge in [-0.2, -0.15) is 0 Å². The minimum Gasteiger partial charge on any atom is -0.480 e. The zero-order chi connectivity index (χ0) is 15.9. The summed E-state index contributed by atoms with van der Waals surface area (Å²) in [5.41, 5.74) is 1.58. The van der Waals surface area contributed by atoms with E-state index < -0.39 is 18.2 Å². The van der Waals surface area contributed by atoms with Crippen LogP contribution in [0.2, 0.25) is 0 Å². The van der Waals surface area contributed by atoms with Crippen molar-refractivity contribution in [3.63, 3.8) is 0 Å². The minimum atomic E-state index is -1.08. The van der Waals surface area contributed by atoms with Crippen LogP contribution in [0.15, 0.2) is 40.0 Å². The van der Waals surface area contributed by atoms with Crippen LogP contribution in [0.4, 0.5) is 0 Å². The van der Waals surface area contributed by atoms with Crippen molar-refractivity contribution < 1.29 is 9.90 Å². The summed E-state index contributed by atoms with van der Waals surface area (Å²) in [6.07, 6.45) is 2.95. The Morgan fingerprint density at radius 3 is 2.73 bits per heavy atom. The zero-order valence-electron chi connectivity index (χ0n) is 11.5. The lowest BCUT2D eigenvalue weighted by molar-refractivity contribution is -0.137. The van der Waals surface area contributed by atoms with Gasteiger partial charge in [0.05, 0.1) is 23.4 Å². The summed E-state index contributed by atoms with van der Waals surface area (Å²) in [4.78, 5) is 31.9. The Bertz CT molecular complexity index is 928. The van der Waals surface area contributed by atoms with Crippen molar-refractivity contribution >= 4 is 32.9 Å². The third-order valence-corrected chi connectivity index (χ3v) is 3.69. The van der Waals surface area contributed by atoms with E-state index in [4.69, 9.17) is 5.11 Å². The fourth-order valence-electron chi connectivity index (χ4n) is 2.39. The van der Waals surface area contributed by atoms with Gasteiger partial charge in [0.2, 0.25) is 0 Å². The molecule has 0 aliphatic heterocycles. The molecule has 0 spiro atoms. The molecule has 8 heteroatoms. The van der Waals surface area contributed by atoms with Gasteiger partial charge in [0.25, 0.3) is 0 Å². The number of para-hydroxylation sites is 1. The van der Waals surface area contributed by atoms with Gasteiger partial charge in [-0.15, -0.1) is 0 Å². The van der Waals surface area contributed by atoms with Crippen LogP contribution in [0.1, 0.15) is 5.56 Å². The third-order valence-electron chi connectivity index (χ3n) is 3.28. The van der Waals surface area contributed by atoms with Crippen LogP contribution in [0.25, 0.3) is 16.9 Å². The number of carboxylic acids is 1. The molecule has 22 heavy (non-hydrogen) atoms. The van der Waals surface area contributed by atoms with Crippen molar-refractivity contribution in [2.45, 2.75) is 13.5 Å². The van der Waals surface area contributed by atoms with E-state index in [-0.39, 0.29) is 0 Å². The number of rotatable bonds is 3. The largest absolute Gasteiger partial charge is 0.480 e. The highest BCUT2D eigenvalue weighted by Crippen LogP contribution is 2.20. The Morgan fingerprint density at radius 2 is 2.09 bits per heavy atom. The van der Waals surface area contributed by atoms with E-state index in [1.807, 2.05) is 13.0 Å². The van der Waals surface area contributed by atoms with E-state index in [0.717, 1.165) is 5.56 Å². The molecule has 0 saturated carbocycles. The lowest BCUT2D eigenvalue weighted by atomic mass is 10.2. The number of aliphatic carboxylic acids is 1. The Morgan fingerprint density at radius 1 is 1.32 bits per heavy atom. The first-order chi connectivity index (χ1) is 10.5. The molecule has 0 atom stereocenters. The number of fused-ring (bicyclic) bond motifs is 1. The molecular formula is C14H11BrN4O3. The average Bonchev–Trinajstić information content (AvgIpc) is 2.74. The van der Waals surface area contributed by atoms with Gasteiger partial charge in [0.15, 0.2) is 5.82 Å². The van der Waals surface area contributed by atoms with E-state index in [1.54, 1.807) is 12.1 Å². The lowest BCUT2D eigenvalue weighted by Gasteiger charge is -2.03. The summed E-state index contributed by atoms with van der Waals surface area (Å²) in [6.45, 7) is 1.45. The molecule has 0 amide bonds. The maximum Gasteiger partial charge on any atom is 0.335 e. The number of carbonyl (C=O) groups is 1. The second kappa shape index (κ2) is 5.38. The molecule has 0 aliphatic carbocycles. The molecule has 2 aromatic heterocycles. The first-order valence-corrected chi connectivity index (χ1v) is 7.19. The molecule has 0 bridgehead atoms. The van der Waals surface area contributed by atoms with Gasteiger partial charge < -0.3 is 5.11 Å². The lowest BCUT2D eigenvalue weighted by Crippen LogP contribution is -2.26. The molecule has 112 valence electrons. The molecule has 0 fully saturated rings. The van der Waals surface area contributed by atoms with Gasteiger partial charge in [0, 0.05) is 0 Å². The van der Waals surface area contributed by atoms with Gasteiger partial charge in [-0.25, -0.2) is 19.3 Å². The third kappa shape index (κ3) is 2.31. The number of hydrogen-bond donors (Lipinski definition) is 1. The standard InChI is InChI=1S/C14H11BrN4O3/c1-8-3-2-4-9-13(8)19(11-6-16-10(15)5-17-11)14(22)18(9)7-12(20)21/h2-6H,7H2,1H3,(H,20,21). The number of aryl methyl sites for hydroxylation is 1. The second-order valence-corrected chi connectivity index (χ2v) is 5.55. The summed E-state index contributed by atoms with van der Waals surface area (Å²) in [5.74, 6) is -0.735. The number of halogens is 1. The first kappa shape index (κ1) is 14.5. The van der Waals surface area contributed by atoms with Crippen molar-refractivity contribution in [3.8, 4) is 5.82 Å². The van der Waals surface area contributed by atoms with Crippen LogP contribution >= 0.6 is 15.9 Å². The van der Waals surface area contributed by atoms with Crippen LogP contribution in [-0.4, -0.2) is 30.2 Å². The van der Waals surface area contributed by atoms with Gasteiger partial charge in [0.1, 0.15) is 11.1 Å². The van der Waals surface area contributed by atoms with Crippen LogP contribution in [0.3, 0.4) is 0 Å². The summed E-state index contributed by atoms with van der Waals surface area (Å²) in [5, 5.41) is 9.03. The molecular weight excluding hydrogens is 352 g/mol. The predicted octanol–water partition coefficient (Wildman–Crippen LogP) is 1.74. The van der Waals surface area contributed by atoms with E-state index in [2.05, 4.69) is 25.9 Å². The fourth-order valence-corrected chi connectivity index (χ4v) is 2.60. The van der Waals surface area contributed by atoms with Gasteiger partial charge in [-0.05, 0) is 34.5 Å². The molecule has 2 heterocycles. The number of benzene rings is 1. The minimum absolute atomic E-state index is 0.344. The van der Waals surface area contributed by atoms with E-state index >= 15 is 0 Å². The molecule has 0 saturated heterocycles. The second-order valence-electron chi connectivity index (χ2n) is 4.74. The Kier molecular flexibility index (Phi) is 3.53. The van der Waals surface area contributed by atoms with Crippen molar-refractivity contribution in [2.75, 3.05) is 0 Å². The van der Waals surface area contributed by atoms with E-state index in [9.17, 15) is 9.59 Å². The number of aromatic nitrogens is 4. The molecule has 7 nitrogen and oxygen atoms in total. The summed E-state index contributed by atoms with van der Waals surface area (Å²) < 4.78 is 3.15. The summed E-state index contributed by atoms with van der Waals surface area (Å²) in [7, 11) is 0. The number of imidazole rings is 1. The van der Waals surface area contributed by atoms with Crippen LogP contribution in [-0.2, 0) is 11.3 Å². The van der Waals surface area contributed by atoms with Gasteiger partial charge in [-0.1, -0.05) is 12.1 Å². The highest BCUT2D eigenvalue weighted by atomic mass is 79.9. The number of hydrogen-bond acceptors (Lipinski definition) is 4. The smallest absolute Gasteiger partial charge is 0.335 e. The maximum atomic E-state index is 12.6. The zero-order valence-corrected chi connectivity index (χ0v) is 13.1. The van der Waals surface area contributed by atoms with Gasteiger partial charge in [-0.3, -0.25) is 9.36 Å². The summed E-state index contributed by atoms with van der Waals surface area (Å²) in [6, 6.07) is 5.36. The average molecular weight is 363 g/mol. The molecule has 1 N–H and O–H groups in total. The number of nitrogens with zero attached hydrogens (tertiary/aromatic N) is 4. The SMILES string of the molecule is Cc1cccc2c1n(-c1cnc(Br)cn1)c(=O)n2CC(=O)O. The van der Waals surface area contributed by atoms with Crippen LogP contribution in [0.5, 0.6) is 0 Å². The van der Waals surface area contributed by atoms with Crippen molar-refractivity contribution in [1.29, 1.82) is 0 Å². The van der Waals surface area contributed by atoms with Crippen LogP contribution in [0, 0.1) is 6.92 Å². The van der Waals surface area contributed by atoms with Crippen LogP contribution < -0.4 is 5.69 Å². The highest BCUT2D eigenvalue weighted by molar-refractivity contribution is 9.10. The molecule has 3 aromatic rings. The monoisotopic (exact) mass is 362 g/mol. The first-order valence-electron chi connectivity index (χ1n) is 6.39. The Hall–Kier alpha value is -2.48. The number of carboxylic acid groups (broad SMARTS) is 1. The Labute approximate surface area is 133 Å². The summed E-state index contributed by atoms with van der Waals surface area (Å²) >= 11 is 3.19. The quantitative estimate of drug-likeness (QED) is 0.766.